The molecule has 0 radical (unpaired) electrons. The van der Waals surface area contributed by atoms with E-state index in [1.807, 2.05) is 19.4 Å². The zero-order chi connectivity index (χ0) is 12.1. The molecule has 2 atom stereocenters. The van der Waals surface area contributed by atoms with Crippen molar-refractivity contribution in [2.45, 2.75) is 44.2 Å². The molecule has 3 N–H and O–H groups in total. The second-order valence-electron chi connectivity index (χ2n) is 4.73. The van der Waals surface area contributed by atoms with E-state index < -0.39 is 0 Å². The minimum atomic E-state index is 0.199. The molecule has 0 aromatic carbocycles. The highest BCUT2D eigenvalue weighted by atomic mass is 16.5. The molecule has 2 unspecified atom stereocenters. The Morgan fingerprint density at radius 2 is 2.59 bits per heavy atom. The lowest BCUT2D eigenvalue weighted by Gasteiger charge is -2.15. The SMILES string of the molecule is Cn1cc(C(CCCC2CCCO2)NN)cn1. The Labute approximate surface area is 102 Å². The van der Waals surface area contributed by atoms with Gasteiger partial charge < -0.3 is 4.74 Å². The molecular formula is C12H22N4O. The molecule has 96 valence electrons. The Kier molecular flexibility index (Phi) is 4.53. The molecule has 0 bridgehead atoms. The van der Waals surface area contributed by atoms with E-state index in [0.29, 0.717) is 6.10 Å². The van der Waals surface area contributed by atoms with E-state index in [4.69, 9.17) is 10.6 Å². The van der Waals surface area contributed by atoms with Crippen molar-refractivity contribution in [1.29, 1.82) is 0 Å². The van der Waals surface area contributed by atoms with Gasteiger partial charge in [0.05, 0.1) is 12.3 Å². The number of aromatic nitrogens is 2. The van der Waals surface area contributed by atoms with E-state index in [2.05, 4.69) is 10.5 Å². The van der Waals surface area contributed by atoms with Gasteiger partial charge in [0, 0.05) is 31.5 Å². The van der Waals surface area contributed by atoms with E-state index in [1.54, 1.807) is 4.68 Å². The standard InChI is InChI=1S/C12H22N4O/c1-16-9-10(8-14-16)12(15-13)6-2-4-11-5-3-7-17-11/h8-9,11-12,15H,2-7,13H2,1H3. The van der Waals surface area contributed by atoms with Gasteiger partial charge in [-0.05, 0) is 32.1 Å². The highest BCUT2D eigenvalue weighted by Gasteiger charge is 2.17. The molecule has 1 fully saturated rings. The van der Waals surface area contributed by atoms with Crippen molar-refractivity contribution in [2.24, 2.45) is 12.9 Å². The van der Waals surface area contributed by atoms with Crippen molar-refractivity contribution in [3.8, 4) is 0 Å². The third kappa shape index (κ3) is 3.52. The van der Waals surface area contributed by atoms with Crippen LogP contribution in [0.5, 0.6) is 0 Å². The molecular weight excluding hydrogens is 216 g/mol. The van der Waals surface area contributed by atoms with Crippen LogP contribution in [0.15, 0.2) is 12.4 Å². The average molecular weight is 238 g/mol. The maximum atomic E-state index is 5.61. The number of aryl methyl sites for hydroxylation is 1. The second kappa shape index (κ2) is 6.14. The number of hydrazine groups is 1. The van der Waals surface area contributed by atoms with Crippen molar-refractivity contribution in [2.75, 3.05) is 6.61 Å². The Balaban J connectivity index is 1.75. The first-order valence-corrected chi connectivity index (χ1v) is 6.36. The maximum Gasteiger partial charge on any atom is 0.0576 e. The molecule has 0 spiro atoms. The van der Waals surface area contributed by atoms with Gasteiger partial charge in [0.25, 0.3) is 0 Å². The summed E-state index contributed by atoms with van der Waals surface area (Å²) in [5, 5.41) is 4.17. The average Bonchev–Trinajstić information content (AvgIpc) is 2.96. The van der Waals surface area contributed by atoms with Gasteiger partial charge in [-0.3, -0.25) is 16.0 Å². The minimum Gasteiger partial charge on any atom is -0.378 e. The van der Waals surface area contributed by atoms with Gasteiger partial charge in [0.1, 0.15) is 0 Å². The number of nitrogens with zero attached hydrogens (tertiary/aromatic N) is 2. The predicted octanol–water partition coefficient (Wildman–Crippen LogP) is 1.27. The molecule has 1 aromatic rings. The van der Waals surface area contributed by atoms with E-state index in [0.717, 1.165) is 31.4 Å². The smallest absolute Gasteiger partial charge is 0.0576 e. The summed E-state index contributed by atoms with van der Waals surface area (Å²) in [5.74, 6) is 5.59. The summed E-state index contributed by atoms with van der Waals surface area (Å²) in [7, 11) is 1.92. The second-order valence-corrected chi connectivity index (χ2v) is 4.73. The molecule has 5 heteroatoms. The lowest BCUT2D eigenvalue weighted by Crippen LogP contribution is -2.28. The zero-order valence-corrected chi connectivity index (χ0v) is 10.4. The lowest BCUT2D eigenvalue weighted by atomic mass is 10.0. The van der Waals surface area contributed by atoms with Crippen LogP contribution in [0.25, 0.3) is 0 Å². The third-order valence-electron chi connectivity index (χ3n) is 3.37. The fourth-order valence-corrected chi connectivity index (χ4v) is 2.39. The molecule has 0 aliphatic carbocycles. The fraction of sp³-hybridized carbons (Fsp3) is 0.750. The Hall–Kier alpha value is -0.910. The van der Waals surface area contributed by atoms with Gasteiger partial charge in [-0.15, -0.1) is 0 Å². The maximum absolute atomic E-state index is 5.61. The molecule has 2 rings (SSSR count). The van der Waals surface area contributed by atoms with Crippen LogP contribution in [-0.2, 0) is 11.8 Å². The fourth-order valence-electron chi connectivity index (χ4n) is 2.39. The van der Waals surface area contributed by atoms with Gasteiger partial charge >= 0.3 is 0 Å². The number of hydrogen-bond donors (Lipinski definition) is 2. The van der Waals surface area contributed by atoms with Crippen molar-refractivity contribution >= 4 is 0 Å². The third-order valence-corrected chi connectivity index (χ3v) is 3.37. The van der Waals surface area contributed by atoms with Crippen LogP contribution < -0.4 is 11.3 Å². The Bertz CT molecular complexity index is 333. The number of ether oxygens (including phenoxy) is 1. The predicted molar refractivity (Wildman–Crippen MR) is 66.1 cm³/mol. The van der Waals surface area contributed by atoms with Crippen molar-refractivity contribution in [1.82, 2.24) is 15.2 Å². The monoisotopic (exact) mass is 238 g/mol. The summed E-state index contributed by atoms with van der Waals surface area (Å²) in [6.07, 6.45) is 10.1. The quantitative estimate of drug-likeness (QED) is 0.578. The molecule has 1 aliphatic rings. The number of rotatable bonds is 6. The molecule has 17 heavy (non-hydrogen) atoms. The van der Waals surface area contributed by atoms with E-state index >= 15 is 0 Å². The topological polar surface area (TPSA) is 65.1 Å². The van der Waals surface area contributed by atoms with Crippen molar-refractivity contribution in [3.63, 3.8) is 0 Å². The minimum absolute atomic E-state index is 0.199. The molecule has 0 saturated carbocycles. The van der Waals surface area contributed by atoms with Crippen LogP contribution in [0.4, 0.5) is 0 Å². The van der Waals surface area contributed by atoms with Crippen molar-refractivity contribution < 1.29 is 4.74 Å². The lowest BCUT2D eigenvalue weighted by molar-refractivity contribution is 0.101. The number of nitrogens with two attached hydrogens (primary N) is 1. The summed E-state index contributed by atoms with van der Waals surface area (Å²) in [4.78, 5) is 0. The summed E-state index contributed by atoms with van der Waals surface area (Å²) >= 11 is 0. The summed E-state index contributed by atoms with van der Waals surface area (Å²) < 4.78 is 7.42. The van der Waals surface area contributed by atoms with Crippen LogP contribution in [0.2, 0.25) is 0 Å². The molecule has 2 heterocycles. The van der Waals surface area contributed by atoms with Gasteiger partial charge in [-0.25, -0.2) is 0 Å². The summed E-state index contributed by atoms with van der Waals surface area (Å²) in [6, 6.07) is 0.199. The van der Waals surface area contributed by atoms with Crippen LogP contribution in [0.1, 0.15) is 43.7 Å². The molecule has 1 saturated heterocycles. The highest BCUT2D eigenvalue weighted by Crippen LogP contribution is 2.22. The normalized spacial score (nSPS) is 21.9. The Morgan fingerprint density at radius 3 is 3.18 bits per heavy atom. The first-order valence-electron chi connectivity index (χ1n) is 6.36. The Morgan fingerprint density at radius 1 is 1.71 bits per heavy atom. The van der Waals surface area contributed by atoms with Crippen molar-refractivity contribution in [3.05, 3.63) is 18.0 Å². The van der Waals surface area contributed by atoms with Gasteiger partial charge in [-0.1, -0.05) is 0 Å². The first-order chi connectivity index (χ1) is 8.29. The highest BCUT2D eigenvalue weighted by molar-refractivity contribution is 5.09. The molecule has 1 aromatic heterocycles. The van der Waals surface area contributed by atoms with Crippen LogP contribution in [0, 0.1) is 0 Å². The molecule has 5 nitrogen and oxygen atoms in total. The van der Waals surface area contributed by atoms with Gasteiger partial charge in [-0.2, -0.15) is 5.10 Å². The first kappa shape index (κ1) is 12.5. The van der Waals surface area contributed by atoms with Gasteiger partial charge in [0.2, 0.25) is 0 Å². The molecule has 1 aliphatic heterocycles. The van der Waals surface area contributed by atoms with Crippen LogP contribution in [0.3, 0.4) is 0 Å². The van der Waals surface area contributed by atoms with E-state index in [1.165, 1.54) is 12.8 Å². The zero-order valence-electron chi connectivity index (χ0n) is 10.4. The summed E-state index contributed by atoms with van der Waals surface area (Å²) in [5.41, 5.74) is 4.02. The van der Waals surface area contributed by atoms with E-state index in [-0.39, 0.29) is 6.04 Å². The molecule has 0 amide bonds. The number of nitrogens with one attached hydrogen (secondary N) is 1. The van der Waals surface area contributed by atoms with Crippen LogP contribution >= 0.6 is 0 Å². The largest absolute Gasteiger partial charge is 0.378 e. The summed E-state index contributed by atoms with van der Waals surface area (Å²) in [6.45, 7) is 0.936. The van der Waals surface area contributed by atoms with E-state index in [9.17, 15) is 0 Å². The van der Waals surface area contributed by atoms with Gasteiger partial charge in [0.15, 0.2) is 0 Å². The van der Waals surface area contributed by atoms with Crippen LogP contribution in [-0.4, -0.2) is 22.5 Å². The number of hydrogen-bond acceptors (Lipinski definition) is 4.